The van der Waals surface area contributed by atoms with Crippen LogP contribution in [0.1, 0.15) is 40.5 Å². The summed E-state index contributed by atoms with van der Waals surface area (Å²) in [6, 6.07) is 47.6. The number of nitrogens with zero attached hydrogens (tertiary/aromatic N) is 6. The summed E-state index contributed by atoms with van der Waals surface area (Å²) in [4.78, 5) is 99.5. The predicted molar refractivity (Wildman–Crippen MR) is 388 cm³/mol. The number of benzene rings is 8. The van der Waals surface area contributed by atoms with Crippen molar-refractivity contribution in [1.82, 2.24) is 9.15 Å². The van der Waals surface area contributed by atoms with Crippen LogP contribution in [-0.4, -0.2) is 165 Å². The monoisotopic (exact) mass is 1390 g/mol. The van der Waals surface area contributed by atoms with Crippen molar-refractivity contribution in [3.8, 4) is 56.4 Å². The van der Waals surface area contributed by atoms with Gasteiger partial charge in [-0.05, 0) is 97.3 Å². The lowest BCUT2D eigenvalue weighted by Crippen LogP contribution is -2.53. The van der Waals surface area contributed by atoms with Crippen LogP contribution < -0.4 is 59.6 Å². The van der Waals surface area contributed by atoms with E-state index in [-0.39, 0.29) is 61.5 Å². The molecule has 4 saturated heterocycles. The van der Waals surface area contributed by atoms with Crippen molar-refractivity contribution in [1.29, 1.82) is 0 Å². The van der Waals surface area contributed by atoms with Gasteiger partial charge in [0, 0.05) is 125 Å². The highest BCUT2D eigenvalue weighted by atomic mass is 16.5. The number of hydrogen-bond acceptors (Lipinski definition) is 18. The number of anilines is 6. The van der Waals surface area contributed by atoms with E-state index >= 15 is 0 Å². The van der Waals surface area contributed by atoms with Gasteiger partial charge >= 0.3 is 29.8 Å². The number of carbonyl (C=O) groups is 7. The summed E-state index contributed by atoms with van der Waals surface area (Å²) in [6.07, 6.45) is 2.20. The van der Waals surface area contributed by atoms with Crippen molar-refractivity contribution in [3.05, 3.63) is 180 Å². The van der Waals surface area contributed by atoms with Gasteiger partial charge in [0.2, 0.25) is 22.5 Å². The van der Waals surface area contributed by atoms with Crippen molar-refractivity contribution in [2.45, 2.75) is 19.8 Å². The second-order valence-corrected chi connectivity index (χ2v) is 25.9. The van der Waals surface area contributed by atoms with Crippen LogP contribution in [0.15, 0.2) is 167 Å². The molecule has 4 N–H and O–H groups in total. The average Bonchev–Trinajstić information content (AvgIpc) is 0.747. The van der Waals surface area contributed by atoms with Gasteiger partial charge in [-0.25, -0.2) is 18.7 Å². The average molecular weight is 1390 g/mol. The number of carboxylic acid groups (broad SMARTS) is 2. The fourth-order valence-corrected chi connectivity index (χ4v) is 13.7. The van der Waals surface area contributed by atoms with Gasteiger partial charge < -0.3 is 73.0 Å². The van der Waals surface area contributed by atoms with E-state index in [1.54, 1.807) is 65.6 Å². The maximum atomic E-state index is 14.2. The molecule has 103 heavy (non-hydrogen) atoms. The van der Waals surface area contributed by atoms with Gasteiger partial charge in [-0.15, -0.1) is 0 Å². The Morgan fingerprint density at radius 2 is 0.971 bits per heavy atom. The van der Waals surface area contributed by atoms with E-state index in [1.807, 2.05) is 104 Å². The molecule has 526 valence electrons. The smallest absolute Gasteiger partial charge is 0.336 e. The molecule has 0 atom stereocenters. The van der Waals surface area contributed by atoms with Gasteiger partial charge in [0.15, 0.2) is 19.0 Å². The minimum Gasteiger partial charge on any atom is -0.488 e. The van der Waals surface area contributed by atoms with Crippen LogP contribution in [0.25, 0.3) is 66.8 Å². The Morgan fingerprint density at radius 3 is 1.43 bits per heavy atom. The van der Waals surface area contributed by atoms with Crippen LogP contribution >= 0.6 is 0 Å². The fraction of sp³-hybridized carbons (Fsp3) is 0.278. The number of ether oxygens (including phenoxy) is 5. The first kappa shape index (κ1) is 67.9. The molecule has 14 rings (SSSR count). The van der Waals surface area contributed by atoms with E-state index in [4.69, 9.17) is 32.5 Å². The molecule has 6 aliphatic heterocycles. The molecular weight excluding hydrogens is 1320 g/mol. The number of likely N-dealkylation sites (N-methyl/N-ethyl adjacent to an activating group) is 1. The number of aromatic carboxylic acids is 2. The van der Waals surface area contributed by atoms with Crippen LogP contribution in [0, 0.1) is 11.8 Å². The summed E-state index contributed by atoms with van der Waals surface area (Å²) in [5, 5.41) is 30.1. The van der Waals surface area contributed by atoms with E-state index in [9.17, 15) is 43.8 Å². The Hall–Kier alpha value is -12.2. The number of carboxylic acids is 2. The second kappa shape index (κ2) is 29.2. The van der Waals surface area contributed by atoms with Crippen molar-refractivity contribution < 1.29 is 76.3 Å². The highest BCUT2D eigenvalue weighted by Crippen LogP contribution is 2.45. The van der Waals surface area contributed by atoms with Gasteiger partial charge in [-0.1, -0.05) is 36.4 Å². The zero-order chi connectivity index (χ0) is 71.6. The first-order chi connectivity index (χ1) is 50.0. The van der Waals surface area contributed by atoms with Crippen molar-refractivity contribution in [2.75, 3.05) is 143 Å². The molecule has 6 heterocycles. The Morgan fingerprint density at radius 1 is 0.505 bits per heavy atom. The standard InChI is InChI=1S/C79H74N8O16/c1-5-82(44-71(88)97-2)63-26-16-49(80-76(91)47-40-85(41-47)53-20-24-61-67(38-53)102-65-36-51(83-28-10-29-83)18-22-59(65)74(61)55-12-6-8-14-57(55)78(93)94)34-69(63)100-32-33-101-70-35-50(17-27-64(70)87(45-72(89)98-3)46-73(90)99-4)81-77(92)48-42-86(43-48)54-21-25-62-68(39-54)103-66-37-52(84-30-11-31-84)19-23-60(66)75(62)56-13-7-9-15-58(56)79(95)96/h6-9,12-27,34-39,47-48H,5,10-11,28-33,40-46H2,1-4H3,(H2-2,80,81,91,92,93,94,95,96)/p+2. The van der Waals surface area contributed by atoms with Crippen LogP contribution in [0.5, 0.6) is 11.5 Å². The first-order valence-corrected chi connectivity index (χ1v) is 34.2. The SMILES string of the molecule is CCN(CC(=O)OC)c1ccc(NC(=O)C2C[N+](=c3ccc4c(-c5ccccc5C(=O)O)c5ccc(N6CCC6)cc5oc-4c3)C2)cc1OCCOc1cc(NC(=O)C2CN(c3ccc4c(-c5ccccc5C(=O)O)c5ccc(=[N+]6CCC6)cc-5oc4c3)C2)ccc1N(CC(=O)OC)CC(=O)OC. The molecule has 8 aliphatic rings. The molecule has 6 aromatic rings. The number of fused-ring (bicyclic) bond motifs is 4. The van der Waals surface area contributed by atoms with Crippen molar-refractivity contribution in [2.24, 2.45) is 11.8 Å². The van der Waals surface area contributed by atoms with Crippen molar-refractivity contribution >= 4 is 97.7 Å². The minimum atomic E-state index is -1.04. The Balaban J connectivity index is 0.683. The minimum absolute atomic E-state index is 0.102. The second-order valence-electron chi connectivity index (χ2n) is 25.9. The molecule has 0 saturated carbocycles. The third kappa shape index (κ3) is 13.9. The van der Waals surface area contributed by atoms with Gasteiger partial charge in [0.1, 0.15) is 80.1 Å². The van der Waals surface area contributed by atoms with Crippen LogP contribution in [-0.2, 0) is 38.2 Å². The number of amides is 2. The van der Waals surface area contributed by atoms with Gasteiger partial charge in [0.25, 0.3) is 0 Å². The largest absolute Gasteiger partial charge is 0.488 e. The topological polar surface area (TPSA) is 275 Å². The maximum Gasteiger partial charge on any atom is 0.336 e. The molecule has 0 unspecified atom stereocenters. The summed E-state index contributed by atoms with van der Waals surface area (Å²) in [5.74, 6) is -3.56. The van der Waals surface area contributed by atoms with Gasteiger partial charge in [-0.3, -0.25) is 24.0 Å². The highest BCUT2D eigenvalue weighted by Gasteiger charge is 2.39. The molecule has 0 radical (unpaired) electrons. The number of rotatable bonds is 24. The molecule has 0 bridgehead atoms. The van der Waals surface area contributed by atoms with Crippen LogP contribution in [0.3, 0.4) is 0 Å². The van der Waals surface area contributed by atoms with Crippen LogP contribution in [0.2, 0.25) is 0 Å². The molecule has 2 amide bonds. The van der Waals surface area contributed by atoms with E-state index in [2.05, 4.69) is 29.6 Å². The highest BCUT2D eigenvalue weighted by molar-refractivity contribution is 6.10. The Kier molecular flexibility index (Phi) is 19.2. The number of hydrogen-bond donors (Lipinski definition) is 4. The van der Waals surface area contributed by atoms with E-state index in [0.29, 0.717) is 95.0 Å². The Bertz CT molecular complexity index is 5100. The molecule has 6 aromatic carbocycles. The van der Waals surface area contributed by atoms with E-state index < -0.39 is 41.7 Å². The molecule has 24 heteroatoms. The molecule has 4 fully saturated rings. The fourth-order valence-electron chi connectivity index (χ4n) is 13.7. The summed E-state index contributed by atoms with van der Waals surface area (Å²) in [7, 11) is 3.76. The summed E-state index contributed by atoms with van der Waals surface area (Å²) in [6.45, 7) is 6.45. The first-order valence-electron chi connectivity index (χ1n) is 34.2. The molecular formula is C79H76N8O16+2. The lowest BCUT2D eigenvalue weighted by Gasteiger charge is -2.40. The molecule has 0 spiro atoms. The molecule has 24 nitrogen and oxygen atoms in total. The number of carbonyl (C=O) groups excluding carboxylic acids is 5. The number of methoxy groups -OCH3 is 3. The predicted octanol–water partition coefficient (Wildman–Crippen LogP) is 9.23. The molecule has 2 aliphatic carbocycles. The van der Waals surface area contributed by atoms with E-state index in [0.717, 1.165) is 94.1 Å². The quantitative estimate of drug-likeness (QED) is 0.0144. The van der Waals surface area contributed by atoms with Crippen LogP contribution in [0.4, 0.5) is 34.1 Å². The molecule has 0 aromatic heterocycles. The third-order valence-electron chi connectivity index (χ3n) is 19.7. The van der Waals surface area contributed by atoms with Gasteiger partial charge in [0.05, 0.1) is 68.3 Å². The summed E-state index contributed by atoms with van der Waals surface area (Å²) >= 11 is 0. The number of nitrogens with one attached hydrogen (secondary N) is 2. The lowest BCUT2D eigenvalue weighted by molar-refractivity contribution is -0.140. The van der Waals surface area contributed by atoms with Crippen molar-refractivity contribution in [3.63, 3.8) is 0 Å². The lowest BCUT2D eigenvalue weighted by atomic mass is 9.90. The zero-order valence-electron chi connectivity index (χ0n) is 57.3. The summed E-state index contributed by atoms with van der Waals surface area (Å²) in [5.41, 5.74) is 9.15. The van der Waals surface area contributed by atoms with E-state index in [1.165, 1.54) is 26.2 Å². The third-order valence-corrected chi connectivity index (χ3v) is 19.7. The maximum absolute atomic E-state index is 14.2. The summed E-state index contributed by atoms with van der Waals surface area (Å²) < 4.78 is 45.6. The van der Waals surface area contributed by atoms with Gasteiger partial charge in [-0.2, -0.15) is 0 Å². The Labute approximate surface area is 591 Å². The number of esters is 3. The zero-order valence-corrected chi connectivity index (χ0v) is 57.3. The normalized spacial score (nSPS) is 14.8.